The first-order chi connectivity index (χ1) is 15.2. The van der Waals surface area contributed by atoms with Gasteiger partial charge in [-0.3, -0.25) is 14.4 Å². The normalized spacial score (nSPS) is 18.8. The largest absolute Gasteiger partial charge is 0.497 e. The number of carbonyl (C=O) groups excluding carboxylic acids is 3. The van der Waals surface area contributed by atoms with Crippen molar-refractivity contribution in [2.75, 3.05) is 17.3 Å². The van der Waals surface area contributed by atoms with Crippen molar-refractivity contribution in [1.82, 2.24) is 4.31 Å². The molecule has 3 amide bonds. The molecule has 1 atom stereocenters. The Hall–Kier alpha value is -3.24. The Labute approximate surface area is 186 Å². The van der Waals surface area contributed by atoms with Crippen LogP contribution in [0.15, 0.2) is 53.4 Å². The van der Waals surface area contributed by atoms with E-state index in [1.54, 1.807) is 24.3 Å². The molecule has 4 rings (SSSR count). The van der Waals surface area contributed by atoms with Crippen molar-refractivity contribution in [3.63, 3.8) is 0 Å². The quantitative estimate of drug-likeness (QED) is 0.638. The number of benzene rings is 2. The van der Waals surface area contributed by atoms with Crippen LogP contribution in [0.4, 0.5) is 11.4 Å². The van der Waals surface area contributed by atoms with Gasteiger partial charge in [0.1, 0.15) is 11.8 Å². The lowest BCUT2D eigenvalue weighted by Gasteiger charge is -2.27. The van der Waals surface area contributed by atoms with Gasteiger partial charge >= 0.3 is 0 Å². The van der Waals surface area contributed by atoms with Crippen molar-refractivity contribution < 1.29 is 27.5 Å². The maximum atomic E-state index is 13.5. The SMILES string of the molecule is COc1ccc(N2C(=O)CC(N(C3CC3)S(=O)(=O)c3ccc(NC(C)=O)cc3)C2=O)cc1. The summed E-state index contributed by atoms with van der Waals surface area (Å²) >= 11 is 0. The van der Waals surface area contributed by atoms with Crippen molar-refractivity contribution in [2.45, 2.75) is 43.2 Å². The standard InChI is InChI=1S/C22H23N3O6S/c1-14(26)23-15-3-11-19(12-4-15)32(29,30)25(17-5-6-17)20-13-21(27)24(22(20)28)16-7-9-18(31-2)10-8-16/h3-4,7-12,17,20H,5-6,13H2,1-2H3,(H,23,26). The Morgan fingerprint density at radius 2 is 1.69 bits per heavy atom. The van der Waals surface area contributed by atoms with E-state index in [0.29, 0.717) is 30.0 Å². The predicted octanol–water partition coefficient (Wildman–Crippen LogP) is 2.14. The van der Waals surface area contributed by atoms with Crippen molar-refractivity contribution in [2.24, 2.45) is 0 Å². The summed E-state index contributed by atoms with van der Waals surface area (Å²) in [6.07, 6.45) is 1.04. The van der Waals surface area contributed by atoms with Crippen LogP contribution >= 0.6 is 0 Å². The summed E-state index contributed by atoms with van der Waals surface area (Å²) in [5.41, 5.74) is 0.836. The lowest BCUT2D eigenvalue weighted by molar-refractivity contribution is -0.122. The van der Waals surface area contributed by atoms with Crippen LogP contribution in [0, 0.1) is 0 Å². The number of ether oxygens (including phenoxy) is 1. The Kier molecular flexibility index (Phi) is 5.74. The smallest absolute Gasteiger partial charge is 0.252 e. The average molecular weight is 458 g/mol. The van der Waals surface area contributed by atoms with Crippen LogP contribution in [-0.4, -0.2) is 49.6 Å². The molecule has 0 bridgehead atoms. The molecule has 168 valence electrons. The number of rotatable bonds is 7. The molecule has 1 heterocycles. The summed E-state index contributed by atoms with van der Waals surface area (Å²) in [5, 5.41) is 2.59. The highest BCUT2D eigenvalue weighted by Crippen LogP contribution is 2.38. The average Bonchev–Trinajstić information content (AvgIpc) is 3.54. The fourth-order valence-corrected chi connectivity index (χ4v) is 5.63. The van der Waals surface area contributed by atoms with Crippen molar-refractivity contribution in [3.8, 4) is 5.75 Å². The number of sulfonamides is 1. The molecule has 2 aromatic rings. The zero-order valence-corrected chi connectivity index (χ0v) is 18.5. The second kappa shape index (κ2) is 8.36. The maximum Gasteiger partial charge on any atom is 0.252 e. The first-order valence-corrected chi connectivity index (χ1v) is 11.6. The van der Waals surface area contributed by atoms with Crippen molar-refractivity contribution >= 4 is 39.1 Å². The maximum absolute atomic E-state index is 13.5. The van der Waals surface area contributed by atoms with Crippen LogP contribution in [0.3, 0.4) is 0 Å². The minimum Gasteiger partial charge on any atom is -0.497 e. The van der Waals surface area contributed by atoms with E-state index in [4.69, 9.17) is 4.74 Å². The van der Waals surface area contributed by atoms with Crippen LogP contribution in [0.5, 0.6) is 5.75 Å². The molecule has 0 aromatic heterocycles. The number of imide groups is 1. The molecular formula is C22H23N3O6S. The zero-order valence-electron chi connectivity index (χ0n) is 17.6. The van der Waals surface area contributed by atoms with Crippen LogP contribution < -0.4 is 15.0 Å². The lowest BCUT2D eigenvalue weighted by atomic mass is 10.2. The van der Waals surface area contributed by atoms with E-state index < -0.39 is 27.9 Å². The predicted molar refractivity (Wildman–Crippen MR) is 117 cm³/mol. The van der Waals surface area contributed by atoms with E-state index in [-0.39, 0.29) is 23.3 Å². The number of hydrogen-bond acceptors (Lipinski definition) is 6. The van der Waals surface area contributed by atoms with E-state index in [9.17, 15) is 22.8 Å². The highest BCUT2D eigenvalue weighted by Gasteiger charge is 2.51. The Bertz CT molecular complexity index is 1160. The summed E-state index contributed by atoms with van der Waals surface area (Å²) < 4.78 is 33.2. The summed E-state index contributed by atoms with van der Waals surface area (Å²) in [7, 11) is -2.53. The first kappa shape index (κ1) is 22.0. The summed E-state index contributed by atoms with van der Waals surface area (Å²) in [6.45, 7) is 1.36. The van der Waals surface area contributed by atoms with Crippen LogP contribution in [-0.2, 0) is 24.4 Å². The fourth-order valence-electron chi connectivity index (χ4n) is 3.80. The Morgan fingerprint density at radius 1 is 1.06 bits per heavy atom. The van der Waals surface area contributed by atoms with Gasteiger partial charge in [-0.15, -0.1) is 0 Å². The molecule has 0 spiro atoms. The number of nitrogens with zero attached hydrogens (tertiary/aromatic N) is 2. The van der Waals surface area contributed by atoms with E-state index in [0.717, 1.165) is 4.90 Å². The third-order valence-corrected chi connectivity index (χ3v) is 7.39. The molecular weight excluding hydrogens is 434 g/mol. The van der Waals surface area contributed by atoms with Crippen LogP contribution in [0.1, 0.15) is 26.2 Å². The second-order valence-electron chi connectivity index (χ2n) is 7.76. The molecule has 2 fully saturated rings. The lowest BCUT2D eigenvalue weighted by Crippen LogP contribution is -2.46. The Morgan fingerprint density at radius 3 is 2.22 bits per heavy atom. The molecule has 1 aliphatic heterocycles. The number of nitrogens with one attached hydrogen (secondary N) is 1. The van der Waals surface area contributed by atoms with E-state index in [1.807, 2.05) is 0 Å². The van der Waals surface area contributed by atoms with Crippen LogP contribution in [0.25, 0.3) is 0 Å². The number of hydrogen-bond donors (Lipinski definition) is 1. The topological polar surface area (TPSA) is 113 Å². The molecule has 1 saturated carbocycles. The monoisotopic (exact) mass is 457 g/mol. The van der Waals surface area contributed by atoms with Gasteiger partial charge in [-0.2, -0.15) is 4.31 Å². The number of anilines is 2. The van der Waals surface area contributed by atoms with Gasteiger partial charge in [0.2, 0.25) is 21.8 Å². The van der Waals surface area contributed by atoms with E-state index in [1.165, 1.54) is 42.6 Å². The van der Waals surface area contributed by atoms with Gasteiger partial charge in [-0.05, 0) is 61.4 Å². The van der Waals surface area contributed by atoms with Gasteiger partial charge in [-0.1, -0.05) is 0 Å². The first-order valence-electron chi connectivity index (χ1n) is 10.1. The molecule has 1 aliphatic carbocycles. The third kappa shape index (κ3) is 4.11. The van der Waals surface area contributed by atoms with Gasteiger partial charge < -0.3 is 10.1 Å². The number of carbonyl (C=O) groups is 3. The molecule has 1 saturated heterocycles. The zero-order chi connectivity index (χ0) is 23.0. The molecule has 9 nitrogen and oxygen atoms in total. The fraction of sp³-hybridized carbons (Fsp3) is 0.318. The summed E-state index contributed by atoms with van der Waals surface area (Å²) in [4.78, 5) is 38.2. The van der Waals surface area contributed by atoms with Crippen molar-refractivity contribution in [1.29, 1.82) is 0 Å². The van der Waals surface area contributed by atoms with Gasteiger partial charge in [0, 0.05) is 18.7 Å². The summed E-state index contributed by atoms with van der Waals surface area (Å²) in [5.74, 6) is -0.708. The van der Waals surface area contributed by atoms with Gasteiger partial charge in [0.15, 0.2) is 0 Å². The summed E-state index contributed by atoms with van der Waals surface area (Å²) in [6, 6.07) is 10.8. The molecule has 10 heteroatoms. The third-order valence-electron chi connectivity index (χ3n) is 5.42. The number of amides is 3. The highest BCUT2D eigenvalue weighted by atomic mass is 32.2. The van der Waals surface area contributed by atoms with Gasteiger partial charge in [0.25, 0.3) is 5.91 Å². The Balaban J connectivity index is 1.63. The van der Waals surface area contributed by atoms with Crippen molar-refractivity contribution in [3.05, 3.63) is 48.5 Å². The van der Waals surface area contributed by atoms with Crippen LogP contribution in [0.2, 0.25) is 0 Å². The van der Waals surface area contributed by atoms with E-state index in [2.05, 4.69) is 5.32 Å². The van der Waals surface area contributed by atoms with Gasteiger partial charge in [0.05, 0.1) is 24.1 Å². The second-order valence-corrected chi connectivity index (χ2v) is 9.60. The number of methoxy groups -OCH3 is 1. The molecule has 2 aromatic carbocycles. The molecule has 1 unspecified atom stereocenters. The molecule has 32 heavy (non-hydrogen) atoms. The highest BCUT2D eigenvalue weighted by molar-refractivity contribution is 7.89. The van der Waals surface area contributed by atoms with E-state index >= 15 is 0 Å². The minimum atomic E-state index is -4.04. The molecule has 1 N–H and O–H groups in total. The minimum absolute atomic E-state index is 0.00153. The van der Waals surface area contributed by atoms with Gasteiger partial charge in [-0.25, -0.2) is 13.3 Å². The molecule has 2 aliphatic rings. The molecule has 0 radical (unpaired) electrons.